The number of ether oxygens (including phenoxy) is 1. The molecule has 0 saturated heterocycles. The summed E-state index contributed by atoms with van der Waals surface area (Å²) in [6.07, 6.45) is 3.78. The fourth-order valence-corrected chi connectivity index (χ4v) is 2.82. The highest BCUT2D eigenvalue weighted by Gasteiger charge is 2.33. The number of thiophene rings is 1. The van der Waals surface area contributed by atoms with Gasteiger partial charge in [-0.15, -0.1) is 11.3 Å². The Morgan fingerprint density at radius 3 is 2.85 bits per heavy atom. The molecule has 0 N–H and O–H groups in total. The van der Waals surface area contributed by atoms with Crippen molar-refractivity contribution in [2.45, 2.75) is 25.4 Å². The van der Waals surface area contributed by atoms with Gasteiger partial charge in [-0.05, 0) is 30.4 Å². The smallest absolute Gasteiger partial charge is 0.256 e. The van der Waals surface area contributed by atoms with Gasteiger partial charge < -0.3 is 9.64 Å². The Balaban J connectivity index is 1.77. The van der Waals surface area contributed by atoms with Gasteiger partial charge in [-0.25, -0.2) is 4.98 Å². The number of carbonyl (C=O) groups is 1. The van der Waals surface area contributed by atoms with Gasteiger partial charge in [-0.3, -0.25) is 4.79 Å². The van der Waals surface area contributed by atoms with Crippen LogP contribution in [0.15, 0.2) is 35.8 Å². The molecule has 1 aliphatic rings. The molecular formula is C15H16N2O2S. The highest BCUT2D eigenvalue weighted by atomic mass is 32.1. The summed E-state index contributed by atoms with van der Waals surface area (Å²) in [5, 5.41) is 2.04. The maximum Gasteiger partial charge on any atom is 0.256 e. The molecule has 2 heterocycles. The Morgan fingerprint density at radius 2 is 2.30 bits per heavy atom. The lowest BCUT2D eigenvalue weighted by Crippen LogP contribution is -2.32. The number of hydrogen-bond acceptors (Lipinski definition) is 4. The van der Waals surface area contributed by atoms with Gasteiger partial charge in [0, 0.05) is 23.2 Å². The van der Waals surface area contributed by atoms with Crippen LogP contribution in [0.3, 0.4) is 0 Å². The Kier molecular flexibility index (Phi) is 3.69. The second-order valence-corrected chi connectivity index (χ2v) is 5.87. The summed E-state index contributed by atoms with van der Waals surface area (Å²) < 4.78 is 5.02. The molecule has 2 aromatic rings. The zero-order valence-corrected chi connectivity index (χ0v) is 12.1. The van der Waals surface area contributed by atoms with E-state index in [0.717, 1.165) is 12.8 Å². The third kappa shape index (κ3) is 2.82. The van der Waals surface area contributed by atoms with Crippen LogP contribution in [0, 0.1) is 0 Å². The first-order valence-electron chi connectivity index (χ1n) is 6.61. The fourth-order valence-electron chi connectivity index (χ4n) is 2.12. The molecule has 1 saturated carbocycles. The number of methoxy groups -OCH3 is 1. The summed E-state index contributed by atoms with van der Waals surface area (Å²) in [5.74, 6) is 0.578. The van der Waals surface area contributed by atoms with Gasteiger partial charge in [-0.2, -0.15) is 0 Å². The standard InChI is InChI=1S/C15H16N2O2S/c1-19-14-7-4-11(9-16-14)15(18)17(12-5-6-12)10-13-3-2-8-20-13/h2-4,7-9,12H,5-6,10H2,1H3. The van der Waals surface area contributed by atoms with Gasteiger partial charge >= 0.3 is 0 Å². The van der Waals surface area contributed by atoms with E-state index >= 15 is 0 Å². The van der Waals surface area contributed by atoms with E-state index in [1.54, 1.807) is 36.8 Å². The lowest BCUT2D eigenvalue weighted by Gasteiger charge is -2.21. The van der Waals surface area contributed by atoms with E-state index < -0.39 is 0 Å². The number of aromatic nitrogens is 1. The third-order valence-electron chi connectivity index (χ3n) is 3.35. The molecule has 0 aliphatic heterocycles. The molecule has 5 heteroatoms. The van der Waals surface area contributed by atoms with Crippen molar-refractivity contribution < 1.29 is 9.53 Å². The molecule has 3 rings (SSSR count). The average molecular weight is 288 g/mol. The number of hydrogen-bond donors (Lipinski definition) is 0. The second-order valence-electron chi connectivity index (χ2n) is 4.83. The van der Waals surface area contributed by atoms with Crippen molar-refractivity contribution in [3.63, 3.8) is 0 Å². The van der Waals surface area contributed by atoms with E-state index in [9.17, 15) is 4.79 Å². The number of carbonyl (C=O) groups excluding carboxylic acids is 1. The first-order chi connectivity index (χ1) is 9.78. The molecule has 0 bridgehead atoms. The van der Waals surface area contributed by atoms with E-state index in [-0.39, 0.29) is 5.91 Å². The van der Waals surface area contributed by atoms with Gasteiger partial charge in [0.05, 0.1) is 19.2 Å². The number of rotatable bonds is 5. The van der Waals surface area contributed by atoms with Crippen LogP contribution < -0.4 is 4.74 Å². The lowest BCUT2D eigenvalue weighted by molar-refractivity contribution is 0.0731. The van der Waals surface area contributed by atoms with Crippen molar-refractivity contribution in [1.82, 2.24) is 9.88 Å². The molecule has 20 heavy (non-hydrogen) atoms. The number of pyridine rings is 1. The molecule has 1 aliphatic carbocycles. The first kappa shape index (κ1) is 13.1. The predicted octanol–water partition coefficient (Wildman–Crippen LogP) is 2.96. The van der Waals surface area contributed by atoms with E-state index in [2.05, 4.69) is 11.1 Å². The Hall–Kier alpha value is -1.88. The number of amides is 1. The maximum absolute atomic E-state index is 12.6. The molecule has 0 unspecified atom stereocenters. The minimum absolute atomic E-state index is 0.0519. The molecule has 0 spiro atoms. The van der Waals surface area contributed by atoms with Crippen molar-refractivity contribution >= 4 is 17.2 Å². The molecule has 104 valence electrons. The minimum Gasteiger partial charge on any atom is -0.481 e. The molecule has 4 nitrogen and oxygen atoms in total. The summed E-state index contributed by atoms with van der Waals surface area (Å²) >= 11 is 1.69. The van der Waals surface area contributed by atoms with E-state index in [4.69, 9.17) is 4.74 Å². The molecule has 0 aromatic carbocycles. The quantitative estimate of drug-likeness (QED) is 0.849. The van der Waals surface area contributed by atoms with Crippen molar-refractivity contribution in [2.24, 2.45) is 0 Å². The van der Waals surface area contributed by atoms with Crippen LogP contribution in [0.5, 0.6) is 5.88 Å². The van der Waals surface area contributed by atoms with Crippen molar-refractivity contribution in [3.8, 4) is 5.88 Å². The average Bonchev–Trinajstić information content (AvgIpc) is 3.21. The van der Waals surface area contributed by atoms with Crippen LogP contribution in [0.25, 0.3) is 0 Å². The lowest BCUT2D eigenvalue weighted by atomic mass is 10.2. The van der Waals surface area contributed by atoms with E-state index in [0.29, 0.717) is 24.0 Å². The summed E-state index contributed by atoms with van der Waals surface area (Å²) in [5.41, 5.74) is 0.620. The van der Waals surface area contributed by atoms with Crippen molar-refractivity contribution in [1.29, 1.82) is 0 Å². The SMILES string of the molecule is COc1ccc(C(=O)N(Cc2cccs2)C2CC2)cn1. The monoisotopic (exact) mass is 288 g/mol. The van der Waals surface area contributed by atoms with Crippen LogP contribution in [0.4, 0.5) is 0 Å². The van der Waals surface area contributed by atoms with Crippen molar-refractivity contribution in [3.05, 3.63) is 46.3 Å². The summed E-state index contributed by atoms with van der Waals surface area (Å²) in [6, 6.07) is 7.97. The van der Waals surface area contributed by atoms with Gasteiger partial charge in [0.25, 0.3) is 5.91 Å². The molecule has 0 radical (unpaired) electrons. The summed E-state index contributed by atoms with van der Waals surface area (Å²) in [4.78, 5) is 19.9. The molecule has 1 fully saturated rings. The summed E-state index contributed by atoms with van der Waals surface area (Å²) in [6.45, 7) is 0.688. The molecule has 1 amide bonds. The van der Waals surface area contributed by atoms with Crippen LogP contribution >= 0.6 is 11.3 Å². The largest absolute Gasteiger partial charge is 0.481 e. The van der Waals surface area contributed by atoms with Gasteiger partial charge in [-0.1, -0.05) is 6.07 Å². The zero-order valence-electron chi connectivity index (χ0n) is 11.3. The van der Waals surface area contributed by atoms with Gasteiger partial charge in [0.15, 0.2) is 0 Å². The first-order valence-corrected chi connectivity index (χ1v) is 7.49. The predicted molar refractivity (Wildman–Crippen MR) is 78.0 cm³/mol. The maximum atomic E-state index is 12.6. The number of nitrogens with zero attached hydrogens (tertiary/aromatic N) is 2. The van der Waals surface area contributed by atoms with Crippen LogP contribution in [-0.4, -0.2) is 28.9 Å². The van der Waals surface area contributed by atoms with Crippen LogP contribution in [0.2, 0.25) is 0 Å². The molecule has 0 atom stereocenters. The van der Waals surface area contributed by atoms with Gasteiger partial charge in [0.1, 0.15) is 0 Å². The molecule has 2 aromatic heterocycles. The Bertz CT molecular complexity index is 576. The second kappa shape index (κ2) is 5.63. The summed E-state index contributed by atoms with van der Waals surface area (Å²) in [7, 11) is 1.57. The topological polar surface area (TPSA) is 42.4 Å². The minimum atomic E-state index is 0.0519. The van der Waals surface area contributed by atoms with Gasteiger partial charge in [0.2, 0.25) is 5.88 Å². The fraction of sp³-hybridized carbons (Fsp3) is 0.333. The van der Waals surface area contributed by atoms with E-state index in [1.165, 1.54) is 4.88 Å². The Morgan fingerprint density at radius 1 is 1.45 bits per heavy atom. The Labute approximate surface area is 122 Å². The normalized spacial score (nSPS) is 14.1. The third-order valence-corrected chi connectivity index (χ3v) is 4.21. The van der Waals surface area contributed by atoms with Crippen LogP contribution in [0.1, 0.15) is 28.1 Å². The van der Waals surface area contributed by atoms with Crippen LogP contribution in [-0.2, 0) is 6.54 Å². The van der Waals surface area contributed by atoms with E-state index in [1.807, 2.05) is 16.3 Å². The highest BCUT2D eigenvalue weighted by molar-refractivity contribution is 7.09. The zero-order chi connectivity index (χ0) is 13.9. The highest BCUT2D eigenvalue weighted by Crippen LogP contribution is 2.30. The van der Waals surface area contributed by atoms with Crippen molar-refractivity contribution in [2.75, 3.05) is 7.11 Å². The molecular weight excluding hydrogens is 272 g/mol.